The Hall–Kier alpha value is -2.96. The maximum Gasteiger partial charge on any atom is 0.267 e. The third kappa shape index (κ3) is 4.13. The molecular weight excluding hydrogens is 356 g/mol. The number of hydrogen-bond donors (Lipinski definition) is 1. The van der Waals surface area contributed by atoms with Gasteiger partial charge in [-0.15, -0.1) is 0 Å². The van der Waals surface area contributed by atoms with Gasteiger partial charge in [0, 0.05) is 37.5 Å². The van der Waals surface area contributed by atoms with Gasteiger partial charge in [-0.05, 0) is 49.9 Å². The van der Waals surface area contributed by atoms with Gasteiger partial charge in [-0.1, -0.05) is 6.07 Å². The van der Waals surface area contributed by atoms with Crippen LogP contribution in [0, 0.1) is 0 Å². The summed E-state index contributed by atoms with van der Waals surface area (Å²) in [5, 5.41) is 9.46. The minimum absolute atomic E-state index is 0.0568. The maximum atomic E-state index is 12.4. The molecule has 2 heterocycles. The fourth-order valence-corrected chi connectivity index (χ4v) is 3.75. The number of rotatable bonds is 4. The number of hydrogen-bond acceptors (Lipinski definition) is 5. The molecule has 1 fully saturated rings. The second kappa shape index (κ2) is 7.96. The van der Waals surface area contributed by atoms with Crippen LogP contribution in [0.1, 0.15) is 38.5 Å². The molecule has 2 aromatic rings. The van der Waals surface area contributed by atoms with Gasteiger partial charge in [-0.3, -0.25) is 14.6 Å². The molecule has 146 valence electrons. The summed E-state index contributed by atoms with van der Waals surface area (Å²) in [4.78, 5) is 28.2. The van der Waals surface area contributed by atoms with Crippen molar-refractivity contribution in [2.75, 3.05) is 7.05 Å². The lowest BCUT2D eigenvalue weighted by Crippen LogP contribution is -2.44. The highest BCUT2D eigenvalue weighted by molar-refractivity contribution is 6.39. The van der Waals surface area contributed by atoms with E-state index in [4.69, 9.17) is 4.74 Å². The predicted molar refractivity (Wildman–Crippen MR) is 106 cm³/mol. The van der Waals surface area contributed by atoms with Crippen molar-refractivity contribution in [2.45, 2.75) is 50.7 Å². The molecule has 7 heteroatoms. The van der Waals surface area contributed by atoms with E-state index in [1.807, 2.05) is 30.3 Å². The predicted octanol–water partition coefficient (Wildman–Crippen LogP) is 2.65. The number of ether oxygens (including phenoxy) is 1. The smallest absolute Gasteiger partial charge is 0.267 e. The minimum Gasteiger partial charge on any atom is -0.490 e. The molecule has 0 spiro atoms. The number of nitrogens with zero attached hydrogens (tertiary/aromatic N) is 3. The lowest BCUT2D eigenvalue weighted by atomic mass is 9.92. The highest BCUT2D eigenvalue weighted by Crippen LogP contribution is 2.26. The van der Waals surface area contributed by atoms with E-state index in [-0.39, 0.29) is 24.0 Å². The molecule has 4 rings (SSSR count). The third-order valence-corrected chi connectivity index (χ3v) is 5.36. The molecule has 2 amide bonds. The van der Waals surface area contributed by atoms with Crippen LogP contribution in [0.5, 0.6) is 5.75 Å². The number of aromatic nitrogens is 1. The molecule has 1 N–H and O–H groups in total. The minimum atomic E-state index is -0.161. The molecule has 0 radical (unpaired) electrons. The van der Waals surface area contributed by atoms with E-state index in [9.17, 15) is 9.59 Å². The average molecular weight is 380 g/mol. The Morgan fingerprint density at radius 3 is 2.79 bits per heavy atom. The van der Waals surface area contributed by atoms with Crippen molar-refractivity contribution in [1.82, 2.24) is 15.3 Å². The lowest BCUT2D eigenvalue weighted by molar-refractivity contribution is -0.130. The summed E-state index contributed by atoms with van der Waals surface area (Å²) >= 11 is 0. The Bertz CT molecular complexity index is 919. The van der Waals surface area contributed by atoms with E-state index in [0.717, 1.165) is 42.3 Å². The zero-order valence-corrected chi connectivity index (χ0v) is 15.9. The van der Waals surface area contributed by atoms with Crippen LogP contribution in [0.15, 0.2) is 41.6 Å². The summed E-state index contributed by atoms with van der Waals surface area (Å²) in [5.74, 6) is 0.640. The molecule has 1 aliphatic carbocycles. The number of amides is 2. The Morgan fingerprint density at radius 2 is 2.00 bits per heavy atom. The second-order valence-electron chi connectivity index (χ2n) is 7.39. The molecule has 0 saturated heterocycles. The van der Waals surface area contributed by atoms with Crippen molar-refractivity contribution in [3.05, 3.63) is 36.5 Å². The molecule has 7 nitrogen and oxygen atoms in total. The van der Waals surface area contributed by atoms with Gasteiger partial charge in [-0.2, -0.15) is 5.10 Å². The summed E-state index contributed by atoms with van der Waals surface area (Å²) in [6, 6.07) is 10.0. The number of pyridine rings is 1. The van der Waals surface area contributed by atoms with Crippen molar-refractivity contribution in [3.63, 3.8) is 0 Å². The van der Waals surface area contributed by atoms with Crippen LogP contribution >= 0.6 is 0 Å². The summed E-state index contributed by atoms with van der Waals surface area (Å²) < 4.78 is 6.15. The van der Waals surface area contributed by atoms with Crippen molar-refractivity contribution in [2.24, 2.45) is 5.10 Å². The monoisotopic (exact) mass is 380 g/mol. The van der Waals surface area contributed by atoms with Crippen molar-refractivity contribution in [1.29, 1.82) is 0 Å². The number of hydrazone groups is 1. The lowest BCUT2D eigenvalue weighted by Gasteiger charge is -2.30. The largest absolute Gasteiger partial charge is 0.490 e. The molecule has 28 heavy (non-hydrogen) atoms. The SMILES string of the molecule is CN1N=C(C(=O)NC2CCC(Oc3ccc4ncccc4c3)CC2)CCC1=O. The first-order valence-electron chi connectivity index (χ1n) is 9.75. The Morgan fingerprint density at radius 1 is 1.18 bits per heavy atom. The van der Waals surface area contributed by atoms with Gasteiger partial charge in [0.15, 0.2) is 0 Å². The molecule has 1 aromatic carbocycles. The van der Waals surface area contributed by atoms with E-state index < -0.39 is 0 Å². The fraction of sp³-hybridized carbons (Fsp3) is 0.429. The van der Waals surface area contributed by atoms with E-state index in [1.165, 1.54) is 5.01 Å². The van der Waals surface area contributed by atoms with Gasteiger partial charge in [0.05, 0.1) is 11.6 Å². The fourth-order valence-electron chi connectivity index (χ4n) is 3.75. The zero-order valence-electron chi connectivity index (χ0n) is 15.9. The van der Waals surface area contributed by atoms with Crippen molar-refractivity contribution in [3.8, 4) is 5.75 Å². The first kappa shape index (κ1) is 18.4. The third-order valence-electron chi connectivity index (χ3n) is 5.36. The quantitative estimate of drug-likeness (QED) is 0.884. The number of nitrogens with one attached hydrogen (secondary N) is 1. The van der Waals surface area contributed by atoms with Crippen LogP contribution in [-0.4, -0.2) is 46.7 Å². The van der Waals surface area contributed by atoms with Crippen molar-refractivity contribution < 1.29 is 14.3 Å². The first-order valence-corrected chi connectivity index (χ1v) is 9.75. The Labute approximate surface area is 163 Å². The second-order valence-corrected chi connectivity index (χ2v) is 7.39. The summed E-state index contributed by atoms with van der Waals surface area (Å²) in [7, 11) is 1.58. The highest BCUT2D eigenvalue weighted by Gasteiger charge is 2.27. The van der Waals surface area contributed by atoms with Gasteiger partial charge in [0.25, 0.3) is 5.91 Å². The van der Waals surface area contributed by atoms with Crippen LogP contribution in [0.2, 0.25) is 0 Å². The van der Waals surface area contributed by atoms with E-state index in [1.54, 1.807) is 13.2 Å². The average Bonchev–Trinajstić information content (AvgIpc) is 2.71. The number of carbonyl (C=O) groups excluding carboxylic acids is 2. The molecule has 0 atom stereocenters. The highest BCUT2D eigenvalue weighted by atomic mass is 16.5. The molecule has 2 aliphatic rings. The van der Waals surface area contributed by atoms with Crippen molar-refractivity contribution >= 4 is 28.4 Å². The van der Waals surface area contributed by atoms with Gasteiger partial charge >= 0.3 is 0 Å². The topological polar surface area (TPSA) is 83.9 Å². The molecule has 1 saturated carbocycles. The van der Waals surface area contributed by atoms with Gasteiger partial charge in [-0.25, -0.2) is 5.01 Å². The van der Waals surface area contributed by atoms with Gasteiger partial charge in [0.1, 0.15) is 11.5 Å². The number of carbonyl (C=O) groups is 2. The number of benzene rings is 1. The van der Waals surface area contributed by atoms with Crippen LogP contribution in [0.25, 0.3) is 10.9 Å². The molecule has 0 unspecified atom stereocenters. The molecule has 1 aliphatic heterocycles. The maximum absolute atomic E-state index is 12.4. The molecule has 1 aromatic heterocycles. The van der Waals surface area contributed by atoms with E-state index in [2.05, 4.69) is 15.4 Å². The van der Waals surface area contributed by atoms with Crippen LogP contribution in [-0.2, 0) is 9.59 Å². The first-order chi connectivity index (χ1) is 13.6. The van der Waals surface area contributed by atoms with E-state index in [0.29, 0.717) is 18.6 Å². The van der Waals surface area contributed by atoms with E-state index >= 15 is 0 Å². The van der Waals surface area contributed by atoms with Crippen LogP contribution < -0.4 is 10.1 Å². The summed E-state index contributed by atoms with van der Waals surface area (Å²) in [5.41, 5.74) is 1.39. The summed E-state index contributed by atoms with van der Waals surface area (Å²) in [6.07, 6.45) is 6.20. The Balaban J connectivity index is 1.29. The van der Waals surface area contributed by atoms with Gasteiger partial charge in [0.2, 0.25) is 5.91 Å². The Kier molecular flexibility index (Phi) is 5.23. The van der Waals surface area contributed by atoms with Crippen LogP contribution in [0.4, 0.5) is 0 Å². The van der Waals surface area contributed by atoms with Gasteiger partial charge < -0.3 is 10.1 Å². The summed E-state index contributed by atoms with van der Waals surface area (Å²) in [6.45, 7) is 0. The zero-order chi connectivity index (χ0) is 19.5. The molecular formula is C21H24N4O3. The normalized spacial score (nSPS) is 22.7. The van der Waals surface area contributed by atoms with Crippen LogP contribution in [0.3, 0.4) is 0 Å². The number of fused-ring (bicyclic) bond motifs is 1. The molecule has 0 bridgehead atoms. The standard InChI is InChI=1S/C21H24N4O3/c1-25-20(26)11-10-19(24-25)21(27)23-15-4-6-16(7-5-15)28-17-8-9-18-14(13-17)3-2-12-22-18/h2-3,8-9,12-13,15-16H,4-7,10-11H2,1H3,(H,23,27).